The first-order chi connectivity index (χ1) is 8.61. The summed E-state index contributed by atoms with van der Waals surface area (Å²) in [6.07, 6.45) is 1.25. The van der Waals surface area contributed by atoms with Crippen molar-refractivity contribution in [3.63, 3.8) is 0 Å². The molecular formula is C12H16N4O2. The van der Waals surface area contributed by atoms with Gasteiger partial charge in [0, 0.05) is 25.9 Å². The van der Waals surface area contributed by atoms with Crippen molar-refractivity contribution in [3.05, 3.63) is 23.0 Å². The number of amides is 1. The Balaban J connectivity index is 2.15. The minimum absolute atomic E-state index is 0.0255. The maximum atomic E-state index is 12.3. The van der Waals surface area contributed by atoms with Crippen molar-refractivity contribution in [3.8, 4) is 0 Å². The maximum Gasteiger partial charge on any atom is 0.255 e. The molecular weight excluding hydrogens is 232 g/mol. The van der Waals surface area contributed by atoms with Crippen LogP contribution in [-0.2, 0) is 0 Å². The lowest BCUT2D eigenvalue weighted by Crippen LogP contribution is -2.39. The lowest BCUT2D eigenvalue weighted by Gasteiger charge is -2.27. The van der Waals surface area contributed by atoms with Gasteiger partial charge in [0.15, 0.2) is 0 Å². The smallest absolute Gasteiger partial charge is 0.255 e. The molecule has 0 radical (unpaired) electrons. The topological polar surface area (TPSA) is 78.7 Å². The molecule has 0 saturated carbocycles. The van der Waals surface area contributed by atoms with Crippen LogP contribution in [0.5, 0.6) is 0 Å². The Hall–Kier alpha value is -1.98. The average Bonchev–Trinajstić information content (AvgIpc) is 2.41. The molecule has 1 N–H and O–H groups in total. The van der Waals surface area contributed by atoms with E-state index in [0.717, 1.165) is 11.4 Å². The van der Waals surface area contributed by atoms with Gasteiger partial charge in [-0.3, -0.25) is 4.79 Å². The Morgan fingerprint density at radius 3 is 2.61 bits per heavy atom. The quantitative estimate of drug-likeness (QED) is 0.597. The minimum atomic E-state index is -0.0255. The number of piperidine rings is 1. The Bertz CT molecular complexity index is 489. The molecule has 6 nitrogen and oxygen atoms in total. The molecule has 1 aromatic heterocycles. The molecule has 0 aliphatic carbocycles. The first kappa shape index (κ1) is 12.5. The van der Waals surface area contributed by atoms with E-state index in [9.17, 15) is 4.79 Å². The van der Waals surface area contributed by atoms with Crippen LogP contribution in [-0.4, -0.2) is 45.0 Å². The summed E-state index contributed by atoms with van der Waals surface area (Å²) in [6, 6.07) is 1.76. The molecule has 1 fully saturated rings. The van der Waals surface area contributed by atoms with Gasteiger partial charge in [0.25, 0.3) is 5.91 Å². The molecule has 1 aliphatic heterocycles. The molecule has 2 heterocycles. The van der Waals surface area contributed by atoms with Crippen LogP contribution in [0.15, 0.2) is 11.2 Å². The summed E-state index contributed by atoms with van der Waals surface area (Å²) >= 11 is 0. The van der Waals surface area contributed by atoms with Gasteiger partial charge in [-0.15, -0.1) is 0 Å². The molecule has 1 saturated heterocycles. The number of carbonyl (C=O) groups is 1. The average molecular weight is 248 g/mol. The maximum absolute atomic E-state index is 12.3. The van der Waals surface area contributed by atoms with Gasteiger partial charge in [0.05, 0.1) is 22.7 Å². The number of oxime groups is 1. The highest BCUT2D eigenvalue weighted by atomic mass is 16.4. The van der Waals surface area contributed by atoms with Crippen molar-refractivity contribution in [2.24, 2.45) is 5.16 Å². The second-order valence-electron chi connectivity index (χ2n) is 4.44. The third-order valence-electron chi connectivity index (χ3n) is 3.10. The monoisotopic (exact) mass is 248 g/mol. The van der Waals surface area contributed by atoms with Gasteiger partial charge in [0.2, 0.25) is 0 Å². The Kier molecular flexibility index (Phi) is 3.55. The second-order valence-corrected chi connectivity index (χ2v) is 4.44. The lowest BCUT2D eigenvalue weighted by molar-refractivity contribution is 0.0752. The standard InChI is InChI=1S/C12H16N4O2/c1-8-7-11(9(2)14-13-8)12(17)16-5-3-10(15-18)4-6-16/h7,18H,3-6H2,1-2H3. The summed E-state index contributed by atoms with van der Waals surface area (Å²) in [6.45, 7) is 4.76. The molecule has 96 valence electrons. The highest BCUT2D eigenvalue weighted by molar-refractivity contribution is 5.96. The zero-order valence-electron chi connectivity index (χ0n) is 10.6. The molecule has 6 heteroatoms. The van der Waals surface area contributed by atoms with Gasteiger partial charge in [-0.2, -0.15) is 10.2 Å². The fourth-order valence-corrected chi connectivity index (χ4v) is 2.00. The van der Waals surface area contributed by atoms with Crippen LogP contribution in [0.25, 0.3) is 0 Å². The van der Waals surface area contributed by atoms with Crippen molar-refractivity contribution >= 4 is 11.6 Å². The summed E-state index contributed by atoms with van der Waals surface area (Å²) in [5, 5.41) is 19.8. The molecule has 0 spiro atoms. The van der Waals surface area contributed by atoms with E-state index in [1.54, 1.807) is 17.9 Å². The SMILES string of the molecule is Cc1cc(C(=O)N2CCC(=NO)CC2)c(C)nn1. The minimum Gasteiger partial charge on any atom is -0.411 e. The van der Waals surface area contributed by atoms with E-state index < -0.39 is 0 Å². The molecule has 18 heavy (non-hydrogen) atoms. The first-order valence-corrected chi connectivity index (χ1v) is 5.92. The van der Waals surface area contributed by atoms with Crippen LogP contribution < -0.4 is 0 Å². The van der Waals surface area contributed by atoms with Crippen molar-refractivity contribution < 1.29 is 10.0 Å². The lowest BCUT2D eigenvalue weighted by atomic mass is 10.1. The van der Waals surface area contributed by atoms with Crippen molar-refractivity contribution in [1.29, 1.82) is 0 Å². The molecule has 0 unspecified atom stereocenters. The van der Waals surface area contributed by atoms with Crippen LogP contribution in [0.3, 0.4) is 0 Å². The number of carbonyl (C=O) groups excluding carboxylic acids is 1. The summed E-state index contributed by atoms with van der Waals surface area (Å²) in [7, 11) is 0. The van der Waals surface area contributed by atoms with E-state index in [4.69, 9.17) is 5.21 Å². The normalized spacial score (nSPS) is 15.7. The van der Waals surface area contributed by atoms with Crippen LogP contribution >= 0.6 is 0 Å². The van der Waals surface area contributed by atoms with Crippen LogP contribution in [0, 0.1) is 13.8 Å². The zero-order chi connectivity index (χ0) is 13.1. The number of nitrogens with zero attached hydrogens (tertiary/aromatic N) is 4. The Labute approximate surface area is 105 Å². The predicted octanol–water partition coefficient (Wildman–Crippen LogP) is 1.16. The van der Waals surface area contributed by atoms with E-state index in [1.807, 2.05) is 6.92 Å². The zero-order valence-corrected chi connectivity index (χ0v) is 10.6. The van der Waals surface area contributed by atoms with E-state index in [-0.39, 0.29) is 5.91 Å². The van der Waals surface area contributed by atoms with Gasteiger partial charge >= 0.3 is 0 Å². The number of rotatable bonds is 1. The Morgan fingerprint density at radius 2 is 2.00 bits per heavy atom. The second kappa shape index (κ2) is 5.12. The third-order valence-corrected chi connectivity index (χ3v) is 3.10. The van der Waals surface area contributed by atoms with Gasteiger partial charge in [-0.25, -0.2) is 0 Å². The van der Waals surface area contributed by atoms with E-state index in [0.29, 0.717) is 37.2 Å². The van der Waals surface area contributed by atoms with Crippen molar-refractivity contribution in [2.45, 2.75) is 26.7 Å². The number of aromatic nitrogens is 2. The fourth-order valence-electron chi connectivity index (χ4n) is 2.00. The van der Waals surface area contributed by atoms with Gasteiger partial charge in [-0.1, -0.05) is 5.16 Å². The van der Waals surface area contributed by atoms with E-state index in [1.165, 1.54) is 0 Å². The molecule has 1 aromatic rings. The van der Waals surface area contributed by atoms with Crippen molar-refractivity contribution in [1.82, 2.24) is 15.1 Å². The van der Waals surface area contributed by atoms with Gasteiger partial charge in [-0.05, 0) is 19.9 Å². The summed E-state index contributed by atoms with van der Waals surface area (Å²) in [4.78, 5) is 14.1. The fraction of sp³-hybridized carbons (Fsp3) is 0.500. The number of likely N-dealkylation sites (tertiary alicyclic amines) is 1. The highest BCUT2D eigenvalue weighted by Gasteiger charge is 2.23. The van der Waals surface area contributed by atoms with Crippen molar-refractivity contribution in [2.75, 3.05) is 13.1 Å². The summed E-state index contributed by atoms with van der Waals surface area (Å²) in [5.74, 6) is -0.0255. The van der Waals surface area contributed by atoms with Gasteiger partial charge < -0.3 is 10.1 Å². The molecule has 1 amide bonds. The van der Waals surface area contributed by atoms with Crippen LogP contribution in [0.1, 0.15) is 34.6 Å². The predicted molar refractivity (Wildman–Crippen MR) is 65.9 cm³/mol. The molecule has 0 bridgehead atoms. The van der Waals surface area contributed by atoms with Gasteiger partial charge in [0.1, 0.15) is 0 Å². The largest absolute Gasteiger partial charge is 0.411 e. The highest BCUT2D eigenvalue weighted by Crippen LogP contribution is 2.14. The summed E-state index contributed by atoms with van der Waals surface area (Å²) in [5.41, 5.74) is 2.73. The Morgan fingerprint density at radius 1 is 1.33 bits per heavy atom. The number of aryl methyl sites for hydroxylation is 2. The molecule has 0 atom stereocenters. The number of hydrogen-bond acceptors (Lipinski definition) is 5. The first-order valence-electron chi connectivity index (χ1n) is 5.92. The number of hydrogen-bond donors (Lipinski definition) is 1. The van der Waals surface area contributed by atoms with E-state index in [2.05, 4.69) is 15.4 Å². The van der Waals surface area contributed by atoms with Crippen LogP contribution in [0.4, 0.5) is 0 Å². The van der Waals surface area contributed by atoms with Crippen LogP contribution in [0.2, 0.25) is 0 Å². The molecule has 1 aliphatic rings. The summed E-state index contributed by atoms with van der Waals surface area (Å²) < 4.78 is 0. The van der Waals surface area contributed by atoms with E-state index >= 15 is 0 Å². The molecule has 2 rings (SSSR count). The molecule has 0 aromatic carbocycles. The third kappa shape index (κ3) is 2.47.